The largest absolute Gasteiger partial charge is 0.453 e. The van der Waals surface area contributed by atoms with Gasteiger partial charge in [-0.3, -0.25) is 4.79 Å². The van der Waals surface area contributed by atoms with Crippen LogP contribution in [0.3, 0.4) is 0 Å². The third-order valence-electron chi connectivity index (χ3n) is 2.10. The standard InChI is InChI=1S/C10H18O5/c1-5-10(2,3)9(12)14-6-8(11)15-7-13-4/h5-7H2,1-4H3. The molecule has 88 valence electrons. The molecule has 0 saturated carbocycles. The Balaban J connectivity index is 3.85. The van der Waals surface area contributed by atoms with Gasteiger partial charge in [-0.15, -0.1) is 0 Å². The smallest absolute Gasteiger partial charge is 0.346 e. The predicted molar refractivity (Wildman–Crippen MR) is 53.0 cm³/mol. The molecule has 0 rings (SSSR count). The summed E-state index contributed by atoms with van der Waals surface area (Å²) in [6, 6.07) is 0. The van der Waals surface area contributed by atoms with Crippen molar-refractivity contribution in [2.24, 2.45) is 5.41 Å². The van der Waals surface area contributed by atoms with Crippen LogP contribution in [0.2, 0.25) is 0 Å². The van der Waals surface area contributed by atoms with Crippen LogP contribution in [0.15, 0.2) is 0 Å². The molecule has 0 aliphatic carbocycles. The van der Waals surface area contributed by atoms with Gasteiger partial charge < -0.3 is 14.2 Å². The number of hydrogen-bond acceptors (Lipinski definition) is 5. The molecule has 0 heterocycles. The molecule has 5 nitrogen and oxygen atoms in total. The Kier molecular flexibility index (Phi) is 5.93. The Bertz CT molecular complexity index is 222. The van der Waals surface area contributed by atoms with Gasteiger partial charge >= 0.3 is 11.9 Å². The average molecular weight is 218 g/mol. The van der Waals surface area contributed by atoms with Crippen molar-refractivity contribution in [3.8, 4) is 0 Å². The minimum atomic E-state index is -0.614. The summed E-state index contributed by atoms with van der Waals surface area (Å²) in [6.07, 6.45) is 0.652. The SMILES string of the molecule is CCC(C)(C)C(=O)OCC(=O)OCOC. The first kappa shape index (κ1) is 13.9. The normalized spacial score (nSPS) is 10.9. The lowest BCUT2D eigenvalue weighted by Gasteiger charge is -2.19. The molecule has 0 aliphatic rings. The third-order valence-corrected chi connectivity index (χ3v) is 2.10. The number of methoxy groups -OCH3 is 1. The predicted octanol–water partition coefficient (Wildman–Crippen LogP) is 1.11. The highest BCUT2D eigenvalue weighted by molar-refractivity contribution is 5.79. The van der Waals surface area contributed by atoms with E-state index in [0.717, 1.165) is 0 Å². The van der Waals surface area contributed by atoms with E-state index in [9.17, 15) is 9.59 Å². The highest BCUT2D eigenvalue weighted by Gasteiger charge is 2.27. The Morgan fingerprint density at radius 1 is 1.20 bits per heavy atom. The van der Waals surface area contributed by atoms with Gasteiger partial charge in [0.15, 0.2) is 13.4 Å². The molecule has 0 N–H and O–H groups in total. The maximum atomic E-state index is 11.4. The first-order valence-electron chi connectivity index (χ1n) is 4.75. The summed E-state index contributed by atoms with van der Waals surface area (Å²) in [5, 5.41) is 0. The van der Waals surface area contributed by atoms with E-state index in [1.54, 1.807) is 13.8 Å². The van der Waals surface area contributed by atoms with Gasteiger partial charge in [-0.05, 0) is 20.3 Å². The molecule has 0 aromatic rings. The summed E-state index contributed by atoms with van der Waals surface area (Å²) in [4.78, 5) is 22.4. The van der Waals surface area contributed by atoms with Gasteiger partial charge in [0.1, 0.15) is 0 Å². The van der Waals surface area contributed by atoms with Crippen molar-refractivity contribution in [2.45, 2.75) is 27.2 Å². The summed E-state index contributed by atoms with van der Waals surface area (Å²) in [5.41, 5.74) is -0.568. The lowest BCUT2D eigenvalue weighted by Crippen LogP contribution is -2.28. The summed E-state index contributed by atoms with van der Waals surface area (Å²) in [7, 11) is 1.40. The zero-order chi connectivity index (χ0) is 11.9. The zero-order valence-electron chi connectivity index (χ0n) is 9.66. The fourth-order valence-electron chi connectivity index (χ4n) is 0.630. The number of ether oxygens (including phenoxy) is 3. The molecule has 0 bridgehead atoms. The van der Waals surface area contributed by atoms with Crippen LogP contribution in [0.25, 0.3) is 0 Å². The Labute approximate surface area is 89.7 Å². The maximum absolute atomic E-state index is 11.4. The van der Waals surface area contributed by atoms with E-state index in [4.69, 9.17) is 4.74 Å². The van der Waals surface area contributed by atoms with Gasteiger partial charge in [0.25, 0.3) is 0 Å². The number of rotatable bonds is 6. The summed E-state index contributed by atoms with van der Waals surface area (Å²) in [5.74, 6) is -1.02. The highest BCUT2D eigenvalue weighted by Crippen LogP contribution is 2.21. The second-order valence-electron chi connectivity index (χ2n) is 3.74. The van der Waals surface area contributed by atoms with Crippen molar-refractivity contribution in [2.75, 3.05) is 20.5 Å². The molecule has 5 heteroatoms. The van der Waals surface area contributed by atoms with Gasteiger partial charge in [0, 0.05) is 7.11 Å². The van der Waals surface area contributed by atoms with E-state index >= 15 is 0 Å². The van der Waals surface area contributed by atoms with Gasteiger partial charge in [-0.25, -0.2) is 4.79 Å². The minimum absolute atomic E-state index is 0.131. The van der Waals surface area contributed by atoms with Gasteiger partial charge in [0.2, 0.25) is 0 Å². The van der Waals surface area contributed by atoms with Crippen LogP contribution >= 0.6 is 0 Å². The molecule has 0 radical (unpaired) electrons. The second-order valence-corrected chi connectivity index (χ2v) is 3.74. The van der Waals surface area contributed by atoms with Crippen LogP contribution in [0, 0.1) is 5.41 Å². The van der Waals surface area contributed by atoms with Crippen LogP contribution in [0.4, 0.5) is 0 Å². The fourth-order valence-corrected chi connectivity index (χ4v) is 0.630. The lowest BCUT2D eigenvalue weighted by molar-refractivity contribution is -0.169. The molecule has 0 aromatic heterocycles. The molecular formula is C10H18O5. The molecular weight excluding hydrogens is 200 g/mol. The van der Waals surface area contributed by atoms with Crippen molar-refractivity contribution >= 4 is 11.9 Å². The van der Waals surface area contributed by atoms with E-state index in [1.165, 1.54) is 7.11 Å². The Hall–Kier alpha value is -1.10. The number of hydrogen-bond donors (Lipinski definition) is 0. The summed E-state index contributed by atoms with van der Waals surface area (Å²) < 4.78 is 13.9. The lowest BCUT2D eigenvalue weighted by atomic mass is 9.91. The molecule has 0 fully saturated rings. The topological polar surface area (TPSA) is 61.8 Å². The van der Waals surface area contributed by atoms with Crippen LogP contribution in [0.1, 0.15) is 27.2 Å². The average Bonchev–Trinajstić information content (AvgIpc) is 2.22. The van der Waals surface area contributed by atoms with Gasteiger partial charge in [0.05, 0.1) is 5.41 Å². The van der Waals surface area contributed by atoms with E-state index in [-0.39, 0.29) is 13.4 Å². The quantitative estimate of drug-likeness (QED) is 0.493. The van der Waals surface area contributed by atoms with Crippen molar-refractivity contribution in [1.29, 1.82) is 0 Å². The molecule has 0 aromatic carbocycles. The van der Waals surface area contributed by atoms with Crippen LogP contribution in [-0.2, 0) is 23.8 Å². The summed E-state index contributed by atoms with van der Waals surface area (Å²) in [6.45, 7) is 4.90. The van der Waals surface area contributed by atoms with E-state index in [1.807, 2.05) is 6.92 Å². The maximum Gasteiger partial charge on any atom is 0.346 e. The molecule has 0 aliphatic heterocycles. The number of esters is 2. The molecule has 0 amide bonds. The number of carbonyl (C=O) groups is 2. The third kappa shape index (κ3) is 5.37. The first-order valence-corrected chi connectivity index (χ1v) is 4.75. The fraction of sp³-hybridized carbons (Fsp3) is 0.800. The molecule has 0 spiro atoms. The molecule has 0 atom stereocenters. The van der Waals surface area contributed by atoms with Crippen LogP contribution in [-0.4, -0.2) is 32.4 Å². The van der Waals surface area contributed by atoms with Crippen LogP contribution < -0.4 is 0 Å². The Morgan fingerprint density at radius 3 is 2.27 bits per heavy atom. The summed E-state index contributed by atoms with van der Waals surface area (Å²) >= 11 is 0. The monoisotopic (exact) mass is 218 g/mol. The Morgan fingerprint density at radius 2 is 1.80 bits per heavy atom. The molecule has 15 heavy (non-hydrogen) atoms. The van der Waals surface area contributed by atoms with Crippen molar-refractivity contribution in [3.63, 3.8) is 0 Å². The molecule has 0 unspecified atom stereocenters. The van der Waals surface area contributed by atoms with Crippen LogP contribution in [0.5, 0.6) is 0 Å². The van der Waals surface area contributed by atoms with Crippen molar-refractivity contribution in [1.82, 2.24) is 0 Å². The van der Waals surface area contributed by atoms with Crippen molar-refractivity contribution in [3.05, 3.63) is 0 Å². The van der Waals surface area contributed by atoms with Gasteiger partial charge in [-0.1, -0.05) is 6.92 Å². The van der Waals surface area contributed by atoms with Crippen molar-refractivity contribution < 1.29 is 23.8 Å². The van der Waals surface area contributed by atoms with E-state index in [2.05, 4.69) is 9.47 Å². The van der Waals surface area contributed by atoms with E-state index < -0.39 is 17.4 Å². The zero-order valence-corrected chi connectivity index (χ0v) is 9.66. The molecule has 0 saturated heterocycles. The van der Waals surface area contributed by atoms with E-state index in [0.29, 0.717) is 6.42 Å². The van der Waals surface area contributed by atoms with Gasteiger partial charge in [-0.2, -0.15) is 0 Å². The highest BCUT2D eigenvalue weighted by atomic mass is 16.7. The minimum Gasteiger partial charge on any atom is -0.453 e. The first-order chi connectivity index (χ1) is 6.94. The number of carbonyl (C=O) groups excluding carboxylic acids is 2. The second kappa shape index (κ2) is 6.40.